The van der Waals surface area contributed by atoms with Crippen molar-refractivity contribution in [3.8, 4) is 0 Å². The van der Waals surface area contributed by atoms with Gasteiger partial charge in [-0.3, -0.25) is 4.79 Å². The summed E-state index contributed by atoms with van der Waals surface area (Å²) in [6.07, 6.45) is 1.43. The van der Waals surface area contributed by atoms with Crippen molar-refractivity contribution in [3.05, 3.63) is 24.3 Å². The van der Waals surface area contributed by atoms with E-state index in [4.69, 9.17) is 10.5 Å². The highest BCUT2D eigenvalue weighted by atomic mass is 16.6. The highest BCUT2D eigenvalue weighted by Crippen LogP contribution is 2.13. The first-order valence-corrected chi connectivity index (χ1v) is 5.37. The molecule has 2 N–H and O–H groups in total. The number of hydrogen-bond donors (Lipinski definition) is 1. The maximum atomic E-state index is 10.2. The monoisotopic (exact) mass is 250 g/mol. The Labute approximate surface area is 107 Å². The van der Waals surface area contributed by atoms with Gasteiger partial charge in [0.25, 0.3) is 0 Å². The van der Waals surface area contributed by atoms with Crippen LogP contribution in [0.4, 0.5) is 11.4 Å². The molecule has 0 aliphatic carbocycles. The zero-order valence-corrected chi connectivity index (χ0v) is 11.1. The Hall–Kier alpha value is -2.13. The SMILES string of the molecule is CC(=O)OC(C)(C)C.Nc1cccc(N=C=O)c1. The van der Waals surface area contributed by atoms with Gasteiger partial charge in [-0.1, -0.05) is 6.07 Å². The molecule has 98 valence electrons. The minimum Gasteiger partial charge on any atom is -0.460 e. The molecule has 0 unspecified atom stereocenters. The topological polar surface area (TPSA) is 81.8 Å². The Morgan fingerprint density at radius 3 is 2.33 bits per heavy atom. The summed E-state index contributed by atoms with van der Waals surface area (Å²) in [5, 5.41) is 0. The van der Waals surface area contributed by atoms with Crippen LogP contribution in [0.2, 0.25) is 0 Å². The highest BCUT2D eigenvalue weighted by Gasteiger charge is 2.11. The number of anilines is 1. The van der Waals surface area contributed by atoms with E-state index < -0.39 is 0 Å². The number of carbonyl (C=O) groups excluding carboxylic acids is 2. The van der Waals surface area contributed by atoms with Gasteiger partial charge < -0.3 is 10.5 Å². The number of nitrogen functional groups attached to an aromatic ring is 1. The van der Waals surface area contributed by atoms with Crippen LogP contribution in [0.25, 0.3) is 0 Å². The molecule has 0 aliphatic heterocycles. The van der Waals surface area contributed by atoms with Crippen molar-refractivity contribution in [1.29, 1.82) is 0 Å². The maximum absolute atomic E-state index is 10.2. The summed E-state index contributed by atoms with van der Waals surface area (Å²) >= 11 is 0. The van der Waals surface area contributed by atoms with Gasteiger partial charge in [0, 0.05) is 12.6 Å². The summed E-state index contributed by atoms with van der Waals surface area (Å²) in [5.41, 5.74) is 6.20. The zero-order valence-electron chi connectivity index (χ0n) is 11.1. The zero-order chi connectivity index (χ0) is 14.2. The van der Waals surface area contributed by atoms with Crippen LogP contribution in [-0.4, -0.2) is 17.7 Å². The van der Waals surface area contributed by atoms with Gasteiger partial charge in [0.2, 0.25) is 6.08 Å². The van der Waals surface area contributed by atoms with E-state index in [1.165, 1.54) is 13.0 Å². The molecule has 0 fully saturated rings. The van der Waals surface area contributed by atoms with Crippen LogP contribution < -0.4 is 5.73 Å². The third kappa shape index (κ3) is 9.12. The van der Waals surface area contributed by atoms with Gasteiger partial charge in [0.15, 0.2) is 0 Å². The largest absolute Gasteiger partial charge is 0.460 e. The lowest BCUT2D eigenvalue weighted by atomic mass is 10.2. The van der Waals surface area contributed by atoms with Crippen LogP contribution in [0.1, 0.15) is 27.7 Å². The van der Waals surface area contributed by atoms with E-state index in [9.17, 15) is 9.59 Å². The molecule has 5 nitrogen and oxygen atoms in total. The molecule has 0 saturated carbocycles. The van der Waals surface area contributed by atoms with Crippen molar-refractivity contribution >= 4 is 23.4 Å². The molecule has 0 atom stereocenters. The molecule has 0 saturated heterocycles. The second kappa shape index (κ2) is 7.25. The number of nitrogens with zero attached hydrogens (tertiary/aromatic N) is 1. The lowest BCUT2D eigenvalue weighted by Gasteiger charge is -2.17. The smallest absolute Gasteiger partial charge is 0.303 e. The first kappa shape index (κ1) is 15.9. The van der Waals surface area contributed by atoms with Gasteiger partial charge in [0.1, 0.15) is 5.60 Å². The van der Waals surface area contributed by atoms with Crippen molar-refractivity contribution in [2.45, 2.75) is 33.3 Å². The van der Waals surface area contributed by atoms with Gasteiger partial charge in [-0.05, 0) is 39.0 Å². The molecule has 0 spiro atoms. The fourth-order valence-electron chi connectivity index (χ4n) is 1.08. The highest BCUT2D eigenvalue weighted by molar-refractivity contribution is 5.66. The molecule has 0 heterocycles. The number of nitrogens with two attached hydrogens (primary N) is 1. The quantitative estimate of drug-likeness (QED) is 0.359. The summed E-state index contributed by atoms with van der Waals surface area (Å²) in [6, 6.07) is 6.74. The number of rotatable bonds is 1. The second-order valence-corrected chi connectivity index (χ2v) is 4.50. The number of aliphatic imine (C=N–C) groups is 1. The minimum atomic E-state index is -0.328. The minimum absolute atomic E-state index is 0.225. The lowest BCUT2D eigenvalue weighted by molar-refractivity contribution is -0.151. The summed E-state index contributed by atoms with van der Waals surface area (Å²) in [7, 11) is 0. The predicted octanol–water partition coefficient (Wildman–Crippen LogP) is 2.58. The van der Waals surface area contributed by atoms with Crippen molar-refractivity contribution in [3.63, 3.8) is 0 Å². The van der Waals surface area contributed by atoms with Gasteiger partial charge in [-0.15, -0.1) is 0 Å². The van der Waals surface area contributed by atoms with Crippen LogP contribution in [0.15, 0.2) is 29.3 Å². The average molecular weight is 250 g/mol. The second-order valence-electron chi connectivity index (χ2n) is 4.50. The first-order valence-electron chi connectivity index (χ1n) is 5.37. The number of esters is 1. The normalized spacial score (nSPS) is 9.56. The fourth-order valence-corrected chi connectivity index (χ4v) is 1.08. The number of isocyanates is 1. The van der Waals surface area contributed by atoms with Gasteiger partial charge in [-0.25, -0.2) is 4.79 Å². The maximum Gasteiger partial charge on any atom is 0.303 e. The molecule has 0 bridgehead atoms. The molecule has 1 aromatic carbocycles. The first-order chi connectivity index (χ1) is 8.24. The Bertz CT molecular complexity index is 444. The third-order valence-electron chi connectivity index (χ3n) is 1.49. The Morgan fingerprint density at radius 1 is 1.39 bits per heavy atom. The number of benzene rings is 1. The lowest BCUT2D eigenvalue weighted by Crippen LogP contribution is -2.21. The summed E-state index contributed by atoms with van der Waals surface area (Å²) in [4.78, 5) is 23.4. The van der Waals surface area contributed by atoms with Crippen molar-refractivity contribution in [2.75, 3.05) is 5.73 Å². The molecule has 0 aromatic heterocycles. The summed E-state index contributed by atoms with van der Waals surface area (Å²) in [5.74, 6) is -0.225. The van der Waals surface area contributed by atoms with E-state index >= 15 is 0 Å². The van der Waals surface area contributed by atoms with E-state index in [1.807, 2.05) is 20.8 Å². The van der Waals surface area contributed by atoms with Gasteiger partial charge in [0.05, 0.1) is 5.69 Å². The van der Waals surface area contributed by atoms with Gasteiger partial charge in [-0.2, -0.15) is 4.99 Å². The molecular weight excluding hydrogens is 232 g/mol. The summed E-state index contributed by atoms with van der Waals surface area (Å²) < 4.78 is 4.80. The molecule has 18 heavy (non-hydrogen) atoms. The average Bonchev–Trinajstić information content (AvgIpc) is 2.14. The van der Waals surface area contributed by atoms with E-state index in [-0.39, 0.29) is 11.6 Å². The molecule has 0 radical (unpaired) electrons. The number of ether oxygens (including phenoxy) is 1. The third-order valence-corrected chi connectivity index (χ3v) is 1.49. The van der Waals surface area contributed by atoms with Crippen LogP contribution >= 0.6 is 0 Å². The Morgan fingerprint density at radius 2 is 2.00 bits per heavy atom. The summed E-state index contributed by atoms with van der Waals surface area (Å²) in [6.45, 7) is 6.93. The van der Waals surface area contributed by atoms with E-state index in [2.05, 4.69) is 4.99 Å². The van der Waals surface area contributed by atoms with Crippen LogP contribution in [-0.2, 0) is 14.3 Å². The molecular formula is C13H18N2O3. The van der Waals surface area contributed by atoms with E-state index in [0.717, 1.165) is 0 Å². The van der Waals surface area contributed by atoms with Crippen molar-refractivity contribution in [1.82, 2.24) is 0 Å². The number of hydrogen-bond acceptors (Lipinski definition) is 5. The van der Waals surface area contributed by atoms with Crippen molar-refractivity contribution in [2.24, 2.45) is 4.99 Å². The standard InChI is InChI=1S/C7H6N2O.C6H12O2/c8-6-2-1-3-7(4-6)9-5-10;1-5(7)8-6(2,3)4/h1-4H,8H2;1-4H3. The Kier molecular flexibility index (Phi) is 6.39. The Balaban J connectivity index is 0.000000331. The predicted molar refractivity (Wildman–Crippen MR) is 70.2 cm³/mol. The van der Waals surface area contributed by atoms with Gasteiger partial charge >= 0.3 is 5.97 Å². The van der Waals surface area contributed by atoms with Crippen LogP contribution in [0.5, 0.6) is 0 Å². The van der Waals surface area contributed by atoms with E-state index in [1.54, 1.807) is 24.3 Å². The van der Waals surface area contributed by atoms with Crippen LogP contribution in [0.3, 0.4) is 0 Å². The number of carbonyl (C=O) groups is 1. The fraction of sp³-hybridized carbons (Fsp3) is 0.385. The molecule has 0 aliphatic rings. The molecule has 1 aromatic rings. The molecule has 5 heteroatoms. The van der Waals surface area contributed by atoms with Crippen LogP contribution in [0, 0.1) is 0 Å². The molecule has 0 amide bonds. The molecule has 1 rings (SSSR count). The van der Waals surface area contributed by atoms with E-state index in [0.29, 0.717) is 11.4 Å². The van der Waals surface area contributed by atoms with Crippen molar-refractivity contribution < 1.29 is 14.3 Å².